The SMILES string of the molecule is Cc1nccn1CCN1CCN(C(=O)c2cnn(-c3ccccc3)c2C)CC1. The molecule has 0 spiro atoms. The molecule has 7 heteroatoms. The fourth-order valence-corrected chi connectivity index (χ4v) is 3.68. The maximum Gasteiger partial charge on any atom is 0.257 e. The molecule has 2 aromatic heterocycles. The van der Waals surface area contributed by atoms with Gasteiger partial charge in [-0.25, -0.2) is 9.67 Å². The topological polar surface area (TPSA) is 59.2 Å². The molecule has 1 aliphatic rings. The normalized spacial score (nSPS) is 15.1. The van der Waals surface area contributed by atoms with Gasteiger partial charge in [0.2, 0.25) is 0 Å². The van der Waals surface area contributed by atoms with Gasteiger partial charge in [0, 0.05) is 51.7 Å². The number of hydrogen-bond acceptors (Lipinski definition) is 4. The number of carbonyl (C=O) groups is 1. The molecule has 0 aliphatic carbocycles. The third kappa shape index (κ3) is 3.71. The summed E-state index contributed by atoms with van der Waals surface area (Å²) in [6, 6.07) is 9.91. The smallest absolute Gasteiger partial charge is 0.257 e. The summed E-state index contributed by atoms with van der Waals surface area (Å²) < 4.78 is 4.00. The zero-order valence-corrected chi connectivity index (χ0v) is 16.5. The van der Waals surface area contributed by atoms with Crippen molar-refractivity contribution in [3.63, 3.8) is 0 Å². The third-order valence-corrected chi connectivity index (χ3v) is 5.48. The fourth-order valence-electron chi connectivity index (χ4n) is 3.68. The van der Waals surface area contributed by atoms with E-state index in [4.69, 9.17) is 0 Å². The van der Waals surface area contributed by atoms with Gasteiger partial charge in [-0.2, -0.15) is 5.10 Å². The summed E-state index contributed by atoms with van der Waals surface area (Å²) in [4.78, 5) is 21.6. The molecule has 146 valence electrons. The number of rotatable bonds is 5. The van der Waals surface area contributed by atoms with Crippen LogP contribution in [0.15, 0.2) is 48.9 Å². The Morgan fingerprint density at radius 3 is 2.46 bits per heavy atom. The van der Waals surface area contributed by atoms with Gasteiger partial charge >= 0.3 is 0 Å². The quantitative estimate of drug-likeness (QED) is 0.683. The lowest BCUT2D eigenvalue weighted by atomic mass is 10.2. The van der Waals surface area contributed by atoms with Gasteiger partial charge in [0.05, 0.1) is 23.1 Å². The number of imidazole rings is 1. The first-order valence-electron chi connectivity index (χ1n) is 9.73. The Labute approximate surface area is 165 Å². The highest BCUT2D eigenvalue weighted by atomic mass is 16.2. The maximum atomic E-state index is 13.0. The molecule has 1 aliphatic heterocycles. The van der Waals surface area contributed by atoms with Crippen molar-refractivity contribution in [2.24, 2.45) is 0 Å². The van der Waals surface area contributed by atoms with Gasteiger partial charge in [-0.15, -0.1) is 0 Å². The summed E-state index contributed by atoms with van der Waals surface area (Å²) in [6.45, 7) is 9.17. The molecular formula is C21H26N6O. The molecule has 0 bridgehead atoms. The van der Waals surface area contributed by atoms with Gasteiger partial charge in [-0.05, 0) is 26.0 Å². The van der Waals surface area contributed by atoms with Gasteiger partial charge in [-0.1, -0.05) is 18.2 Å². The number of amides is 1. The Morgan fingerprint density at radius 2 is 1.79 bits per heavy atom. The standard InChI is InChI=1S/C21H26N6O/c1-17-20(16-23-27(17)19-6-4-3-5-7-19)21(28)26-14-11-24(12-15-26)10-13-25-9-8-22-18(25)2/h3-9,16H,10-15H2,1-2H3. The van der Waals surface area contributed by atoms with Crippen molar-refractivity contribution in [2.75, 3.05) is 32.7 Å². The molecule has 0 saturated carbocycles. The highest BCUT2D eigenvalue weighted by Crippen LogP contribution is 2.17. The number of benzene rings is 1. The summed E-state index contributed by atoms with van der Waals surface area (Å²) >= 11 is 0. The molecule has 28 heavy (non-hydrogen) atoms. The highest BCUT2D eigenvalue weighted by Gasteiger charge is 2.25. The average molecular weight is 378 g/mol. The van der Waals surface area contributed by atoms with Crippen molar-refractivity contribution >= 4 is 5.91 Å². The first-order chi connectivity index (χ1) is 13.6. The molecule has 0 radical (unpaired) electrons. The second-order valence-corrected chi connectivity index (χ2v) is 7.19. The Hall–Kier alpha value is -2.93. The van der Waals surface area contributed by atoms with Gasteiger partial charge in [-0.3, -0.25) is 9.69 Å². The van der Waals surface area contributed by atoms with Crippen molar-refractivity contribution in [3.8, 4) is 5.69 Å². The monoisotopic (exact) mass is 378 g/mol. The molecule has 7 nitrogen and oxygen atoms in total. The fraction of sp³-hybridized carbons (Fsp3) is 0.381. The van der Waals surface area contributed by atoms with E-state index in [1.54, 1.807) is 6.20 Å². The summed E-state index contributed by atoms with van der Waals surface area (Å²) in [6.07, 6.45) is 5.55. The van der Waals surface area contributed by atoms with E-state index in [-0.39, 0.29) is 5.91 Å². The maximum absolute atomic E-state index is 13.0. The lowest BCUT2D eigenvalue weighted by molar-refractivity contribution is 0.0632. The summed E-state index contributed by atoms with van der Waals surface area (Å²) in [5.41, 5.74) is 2.54. The summed E-state index contributed by atoms with van der Waals surface area (Å²) in [7, 11) is 0. The minimum Gasteiger partial charge on any atom is -0.336 e. The van der Waals surface area contributed by atoms with E-state index in [9.17, 15) is 4.79 Å². The van der Waals surface area contributed by atoms with E-state index in [1.165, 1.54) is 0 Å². The molecule has 1 fully saturated rings. The largest absolute Gasteiger partial charge is 0.336 e. The molecule has 0 atom stereocenters. The summed E-state index contributed by atoms with van der Waals surface area (Å²) in [5, 5.41) is 4.43. The number of para-hydroxylation sites is 1. The van der Waals surface area contributed by atoms with Crippen molar-refractivity contribution in [2.45, 2.75) is 20.4 Å². The second kappa shape index (κ2) is 7.98. The molecule has 0 unspecified atom stereocenters. The third-order valence-electron chi connectivity index (χ3n) is 5.48. The Kier molecular flexibility index (Phi) is 5.25. The highest BCUT2D eigenvalue weighted by molar-refractivity contribution is 5.95. The lowest BCUT2D eigenvalue weighted by Gasteiger charge is -2.34. The van der Waals surface area contributed by atoms with Crippen molar-refractivity contribution < 1.29 is 4.79 Å². The van der Waals surface area contributed by atoms with Gasteiger partial charge in [0.15, 0.2) is 0 Å². The van der Waals surface area contributed by atoms with Crippen molar-refractivity contribution in [3.05, 3.63) is 66.0 Å². The molecule has 1 aromatic carbocycles. The van der Waals surface area contributed by atoms with Crippen LogP contribution >= 0.6 is 0 Å². The van der Waals surface area contributed by atoms with Crippen LogP contribution in [-0.4, -0.2) is 67.8 Å². The molecular weight excluding hydrogens is 352 g/mol. The lowest BCUT2D eigenvalue weighted by Crippen LogP contribution is -2.49. The van der Waals surface area contributed by atoms with E-state index < -0.39 is 0 Å². The van der Waals surface area contributed by atoms with Crippen LogP contribution in [0, 0.1) is 13.8 Å². The van der Waals surface area contributed by atoms with E-state index in [2.05, 4.69) is 19.5 Å². The first-order valence-corrected chi connectivity index (χ1v) is 9.73. The molecule has 1 amide bonds. The predicted octanol–water partition coefficient (Wildman–Crippen LogP) is 2.14. The van der Waals surface area contributed by atoms with Gasteiger partial charge in [0.1, 0.15) is 5.82 Å². The van der Waals surface area contributed by atoms with Crippen LogP contribution in [0.5, 0.6) is 0 Å². The number of aryl methyl sites for hydroxylation is 1. The van der Waals surface area contributed by atoms with Crippen molar-refractivity contribution in [1.29, 1.82) is 0 Å². The molecule has 0 N–H and O–H groups in total. The molecule has 4 rings (SSSR count). The Morgan fingerprint density at radius 1 is 1.04 bits per heavy atom. The van der Waals surface area contributed by atoms with E-state index in [1.807, 2.05) is 66.2 Å². The summed E-state index contributed by atoms with van der Waals surface area (Å²) in [5.74, 6) is 1.12. The number of piperazine rings is 1. The number of hydrogen-bond donors (Lipinski definition) is 0. The minimum atomic E-state index is 0.0739. The zero-order valence-electron chi connectivity index (χ0n) is 16.5. The van der Waals surface area contributed by atoms with Crippen LogP contribution in [-0.2, 0) is 6.54 Å². The minimum absolute atomic E-state index is 0.0739. The van der Waals surface area contributed by atoms with Gasteiger partial charge < -0.3 is 9.47 Å². The Balaban J connectivity index is 1.35. The van der Waals surface area contributed by atoms with Crippen LogP contribution in [0.4, 0.5) is 0 Å². The van der Waals surface area contributed by atoms with E-state index >= 15 is 0 Å². The average Bonchev–Trinajstić information content (AvgIpc) is 3.32. The van der Waals surface area contributed by atoms with Crippen LogP contribution in [0.2, 0.25) is 0 Å². The van der Waals surface area contributed by atoms with Crippen LogP contribution in [0.1, 0.15) is 21.9 Å². The van der Waals surface area contributed by atoms with E-state index in [0.717, 1.165) is 56.5 Å². The number of nitrogens with zero attached hydrogens (tertiary/aromatic N) is 6. The van der Waals surface area contributed by atoms with Crippen LogP contribution in [0.3, 0.4) is 0 Å². The molecule has 1 saturated heterocycles. The van der Waals surface area contributed by atoms with E-state index in [0.29, 0.717) is 5.56 Å². The van der Waals surface area contributed by atoms with Crippen LogP contribution < -0.4 is 0 Å². The first kappa shape index (κ1) is 18.4. The van der Waals surface area contributed by atoms with Gasteiger partial charge in [0.25, 0.3) is 5.91 Å². The molecule has 3 aromatic rings. The zero-order chi connectivity index (χ0) is 19.5. The second-order valence-electron chi connectivity index (χ2n) is 7.19. The van der Waals surface area contributed by atoms with Crippen LogP contribution in [0.25, 0.3) is 5.69 Å². The molecule has 3 heterocycles. The number of aromatic nitrogens is 4. The van der Waals surface area contributed by atoms with Crippen molar-refractivity contribution in [1.82, 2.24) is 29.1 Å². The Bertz CT molecular complexity index is 937. The predicted molar refractivity (Wildman–Crippen MR) is 108 cm³/mol. The number of carbonyl (C=O) groups excluding carboxylic acids is 1.